The lowest BCUT2D eigenvalue weighted by atomic mass is 10.0. The van der Waals surface area contributed by atoms with Crippen LogP contribution >= 0.6 is 0 Å². The average Bonchev–Trinajstić information content (AvgIpc) is 3.46. The maximum absolute atomic E-state index is 12.9. The third kappa shape index (κ3) is 63.9. The highest BCUT2D eigenvalue weighted by molar-refractivity contribution is 5.71. The van der Waals surface area contributed by atoms with E-state index >= 15 is 0 Å². The molecule has 80 heavy (non-hydrogen) atoms. The van der Waals surface area contributed by atoms with E-state index in [4.69, 9.17) is 14.2 Å². The molecule has 0 fully saturated rings. The average molecular weight is 1100 g/mol. The summed E-state index contributed by atoms with van der Waals surface area (Å²) < 4.78 is 16.8. The third-order valence-corrected chi connectivity index (χ3v) is 13.3. The molecule has 0 N–H and O–H groups in total. The minimum atomic E-state index is -0.797. The SMILES string of the molecule is CC/C=C\C/C=C\C/C=C\C/C=C\C/C=C\C/C=C\C/C=C\C/C=C\C/C=C\CCCCCC(=O)OCC(COC(=O)CCCCCCCC)OC(=O)CCCCCCCCCCCCCC/C=C\C/C=C\C/C=C\C/C=C\CC. The zero-order chi connectivity index (χ0) is 57.8. The van der Waals surface area contributed by atoms with Gasteiger partial charge >= 0.3 is 17.9 Å². The molecule has 0 saturated carbocycles. The Morgan fingerprint density at radius 2 is 0.487 bits per heavy atom. The number of carbonyl (C=O) groups is 3. The summed E-state index contributed by atoms with van der Waals surface area (Å²) in [5.41, 5.74) is 0. The molecular formula is C74H118O6. The molecule has 0 amide bonds. The molecule has 0 aromatic heterocycles. The summed E-state index contributed by atoms with van der Waals surface area (Å²) in [6.07, 6.45) is 97.1. The number of carbonyl (C=O) groups excluding carboxylic acids is 3. The van der Waals surface area contributed by atoms with E-state index in [1.807, 2.05) is 0 Å². The molecule has 0 saturated heterocycles. The number of hydrogen-bond donors (Lipinski definition) is 0. The van der Waals surface area contributed by atoms with Crippen LogP contribution in [-0.2, 0) is 28.6 Å². The van der Waals surface area contributed by atoms with Crippen LogP contribution in [0.1, 0.15) is 271 Å². The van der Waals surface area contributed by atoms with E-state index in [1.165, 1.54) is 83.5 Å². The first-order valence-electron chi connectivity index (χ1n) is 32.5. The van der Waals surface area contributed by atoms with Crippen LogP contribution in [0.25, 0.3) is 0 Å². The molecule has 6 heteroatoms. The van der Waals surface area contributed by atoms with Gasteiger partial charge in [-0.3, -0.25) is 14.4 Å². The Bertz CT molecular complexity index is 1790. The van der Waals surface area contributed by atoms with Gasteiger partial charge in [0.2, 0.25) is 0 Å². The summed E-state index contributed by atoms with van der Waals surface area (Å²) in [5.74, 6) is -0.943. The molecule has 0 aliphatic rings. The van der Waals surface area contributed by atoms with Crippen molar-refractivity contribution < 1.29 is 28.6 Å². The van der Waals surface area contributed by atoms with Gasteiger partial charge in [0.1, 0.15) is 13.2 Å². The minimum Gasteiger partial charge on any atom is -0.462 e. The lowest BCUT2D eigenvalue weighted by molar-refractivity contribution is -0.167. The fourth-order valence-corrected chi connectivity index (χ4v) is 8.48. The normalized spacial score (nSPS) is 13.2. The fourth-order valence-electron chi connectivity index (χ4n) is 8.48. The number of unbranched alkanes of at least 4 members (excludes halogenated alkanes) is 20. The van der Waals surface area contributed by atoms with Gasteiger partial charge in [0.05, 0.1) is 0 Å². The highest BCUT2D eigenvalue weighted by Crippen LogP contribution is 2.15. The van der Waals surface area contributed by atoms with E-state index < -0.39 is 6.10 Å². The second kappa shape index (κ2) is 66.5. The lowest BCUT2D eigenvalue weighted by Gasteiger charge is -2.18. The van der Waals surface area contributed by atoms with Gasteiger partial charge in [-0.1, -0.05) is 281 Å². The van der Waals surface area contributed by atoms with Crippen LogP contribution in [0, 0.1) is 0 Å². The van der Waals surface area contributed by atoms with Crippen molar-refractivity contribution in [3.8, 4) is 0 Å². The van der Waals surface area contributed by atoms with Gasteiger partial charge in [-0.15, -0.1) is 0 Å². The van der Waals surface area contributed by atoms with Crippen molar-refractivity contribution in [1.82, 2.24) is 0 Å². The molecule has 0 bridgehead atoms. The predicted molar refractivity (Wildman–Crippen MR) is 348 cm³/mol. The molecule has 0 aliphatic carbocycles. The van der Waals surface area contributed by atoms with Gasteiger partial charge in [-0.25, -0.2) is 0 Å². The van der Waals surface area contributed by atoms with E-state index in [0.29, 0.717) is 19.3 Å². The van der Waals surface area contributed by atoms with Crippen molar-refractivity contribution in [1.29, 1.82) is 0 Å². The Balaban J connectivity index is 4.20. The molecule has 0 aromatic carbocycles. The Kier molecular flexibility index (Phi) is 62.4. The van der Waals surface area contributed by atoms with Crippen LogP contribution < -0.4 is 0 Å². The van der Waals surface area contributed by atoms with Crippen LogP contribution in [0.2, 0.25) is 0 Å². The number of esters is 3. The van der Waals surface area contributed by atoms with Crippen molar-refractivity contribution >= 4 is 17.9 Å². The maximum atomic E-state index is 12.9. The molecule has 0 rings (SSSR count). The van der Waals surface area contributed by atoms with Crippen molar-refractivity contribution in [2.45, 2.75) is 277 Å². The standard InChI is InChI=1S/C74H118O6/c1-4-7-10-13-16-18-20-22-24-26-28-30-32-34-35-36-37-38-39-41-42-44-46-48-50-52-54-56-58-61-64-67-73(76)79-70-71(69-78-72(75)66-63-60-15-12-9-6-3)80-74(77)68-65-62-59-57-55-53-51-49-47-45-43-40-33-31-29-27-25-23-21-19-17-14-11-8-5-2/h7-8,10-11,16-19,22-25,28-31,34-35,37-38,41-42,46,48,52,54,71H,4-6,9,12-15,20-21,26-27,32-33,36,39-40,43-45,47,49-51,53,55-70H2,1-3H3/b10-7-,11-8-,18-16-,19-17-,24-22-,25-23-,30-28-,31-29-,35-34-,38-37-,42-41-,48-46-,54-52-. The summed E-state index contributed by atoms with van der Waals surface area (Å²) >= 11 is 0. The first kappa shape index (κ1) is 75.0. The van der Waals surface area contributed by atoms with Crippen molar-refractivity contribution in [2.24, 2.45) is 0 Å². The molecule has 0 aromatic rings. The lowest BCUT2D eigenvalue weighted by Crippen LogP contribution is -2.30. The van der Waals surface area contributed by atoms with E-state index in [2.05, 4.69) is 179 Å². The van der Waals surface area contributed by atoms with E-state index in [0.717, 1.165) is 148 Å². The Hall–Kier alpha value is -4.97. The summed E-state index contributed by atoms with van der Waals surface area (Å²) in [5, 5.41) is 0. The monoisotopic (exact) mass is 1100 g/mol. The molecule has 450 valence electrons. The number of ether oxygens (including phenoxy) is 3. The Morgan fingerprint density at radius 1 is 0.263 bits per heavy atom. The predicted octanol–water partition coefficient (Wildman–Crippen LogP) is 22.5. The van der Waals surface area contributed by atoms with Gasteiger partial charge in [-0.2, -0.15) is 0 Å². The molecule has 6 nitrogen and oxygen atoms in total. The first-order valence-corrected chi connectivity index (χ1v) is 32.5. The summed E-state index contributed by atoms with van der Waals surface area (Å²) in [7, 11) is 0. The summed E-state index contributed by atoms with van der Waals surface area (Å²) in [6.45, 7) is 6.32. The number of hydrogen-bond acceptors (Lipinski definition) is 6. The maximum Gasteiger partial charge on any atom is 0.306 e. The second-order valence-electron chi connectivity index (χ2n) is 20.9. The largest absolute Gasteiger partial charge is 0.462 e. The van der Waals surface area contributed by atoms with Gasteiger partial charge in [0.15, 0.2) is 6.10 Å². The van der Waals surface area contributed by atoms with E-state index in [9.17, 15) is 14.4 Å². The molecule has 0 aliphatic heterocycles. The third-order valence-electron chi connectivity index (χ3n) is 13.3. The molecule has 0 radical (unpaired) electrons. The Labute approximate surface area is 492 Å². The number of rotatable bonds is 57. The fraction of sp³-hybridized carbons (Fsp3) is 0.608. The zero-order valence-corrected chi connectivity index (χ0v) is 51.5. The molecule has 1 unspecified atom stereocenters. The Morgan fingerprint density at radius 3 is 0.775 bits per heavy atom. The molecule has 0 spiro atoms. The first-order chi connectivity index (χ1) is 39.5. The highest BCUT2D eigenvalue weighted by atomic mass is 16.6. The molecule has 1 atom stereocenters. The van der Waals surface area contributed by atoms with Crippen molar-refractivity contribution in [3.63, 3.8) is 0 Å². The number of allylic oxidation sites excluding steroid dienone is 26. The van der Waals surface area contributed by atoms with Crippen LogP contribution in [-0.4, -0.2) is 37.2 Å². The van der Waals surface area contributed by atoms with Gasteiger partial charge in [-0.05, 0) is 128 Å². The second-order valence-corrected chi connectivity index (χ2v) is 20.9. The van der Waals surface area contributed by atoms with Crippen molar-refractivity contribution in [3.05, 3.63) is 158 Å². The summed E-state index contributed by atoms with van der Waals surface area (Å²) in [4.78, 5) is 38.0. The van der Waals surface area contributed by atoms with E-state index in [1.54, 1.807) is 0 Å². The summed E-state index contributed by atoms with van der Waals surface area (Å²) in [6, 6.07) is 0. The topological polar surface area (TPSA) is 78.9 Å². The van der Waals surface area contributed by atoms with Crippen LogP contribution in [0.4, 0.5) is 0 Å². The van der Waals surface area contributed by atoms with Gasteiger partial charge in [0.25, 0.3) is 0 Å². The van der Waals surface area contributed by atoms with Gasteiger partial charge in [0, 0.05) is 19.3 Å². The quantitative estimate of drug-likeness (QED) is 0.0261. The minimum absolute atomic E-state index is 0.0942. The smallest absolute Gasteiger partial charge is 0.306 e. The van der Waals surface area contributed by atoms with Crippen molar-refractivity contribution in [2.75, 3.05) is 13.2 Å². The zero-order valence-electron chi connectivity index (χ0n) is 51.5. The van der Waals surface area contributed by atoms with Gasteiger partial charge < -0.3 is 14.2 Å². The molecule has 0 heterocycles. The van der Waals surface area contributed by atoms with Crippen LogP contribution in [0.15, 0.2) is 158 Å². The van der Waals surface area contributed by atoms with Crippen LogP contribution in [0.3, 0.4) is 0 Å². The van der Waals surface area contributed by atoms with Crippen LogP contribution in [0.5, 0.6) is 0 Å². The molecular weight excluding hydrogens is 985 g/mol. The van der Waals surface area contributed by atoms with E-state index in [-0.39, 0.29) is 31.1 Å². The highest BCUT2D eigenvalue weighted by Gasteiger charge is 2.19.